The van der Waals surface area contributed by atoms with Gasteiger partial charge in [0.1, 0.15) is 0 Å². The first kappa shape index (κ1) is 18.8. The lowest BCUT2D eigenvalue weighted by molar-refractivity contribution is 0.376. The molecular formula is C24H28F2. The van der Waals surface area contributed by atoms with Crippen LogP contribution >= 0.6 is 0 Å². The summed E-state index contributed by atoms with van der Waals surface area (Å²) in [4.78, 5) is 0. The molecule has 0 unspecified atom stereocenters. The lowest BCUT2D eigenvalue weighted by atomic mass is 9.78. The van der Waals surface area contributed by atoms with Gasteiger partial charge in [-0.2, -0.15) is 0 Å². The van der Waals surface area contributed by atoms with Crippen LogP contribution in [0.5, 0.6) is 0 Å². The van der Waals surface area contributed by atoms with Gasteiger partial charge in [-0.25, -0.2) is 8.78 Å². The first-order chi connectivity index (χ1) is 12.5. The fourth-order valence-corrected chi connectivity index (χ4v) is 4.00. The molecule has 0 bridgehead atoms. The first-order valence-electron chi connectivity index (χ1n) is 9.67. The van der Waals surface area contributed by atoms with Crippen LogP contribution < -0.4 is 0 Å². The predicted octanol–water partition coefficient (Wildman–Crippen LogP) is 7.14. The Balaban J connectivity index is 1.70. The van der Waals surface area contributed by atoms with E-state index in [9.17, 15) is 8.78 Å². The summed E-state index contributed by atoms with van der Waals surface area (Å²) in [6, 6.07) is 11.9. The van der Waals surface area contributed by atoms with Gasteiger partial charge in [-0.3, -0.25) is 0 Å². The molecule has 2 aromatic rings. The standard InChI is InChI=1S/C24H28F2/c1-4-17-5-9-19(10-6-17)20-11-7-18(8-12-20)15-21-13-14-22(16(2)3)24(26)23(21)25/h4,7-8,11-14,16-17,19H,1,5-6,9-10,15H2,2-3H3. The Kier molecular flexibility index (Phi) is 5.90. The number of benzene rings is 2. The van der Waals surface area contributed by atoms with Crippen LogP contribution in [-0.2, 0) is 6.42 Å². The van der Waals surface area contributed by atoms with E-state index in [-0.39, 0.29) is 5.92 Å². The second kappa shape index (κ2) is 8.16. The monoisotopic (exact) mass is 354 g/mol. The molecule has 2 aromatic carbocycles. The lowest BCUT2D eigenvalue weighted by Crippen LogP contribution is -2.11. The van der Waals surface area contributed by atoms with E-state index >= 15 is 0 Å². The van der Waals surface area contributed by atoms with Crippen molar-refractivity contribution < 1.29 is 8.78 Å². The molecule has 0 heterocycles. The van der Waals surface area contributed by atoms with E-state index in [0.29, 0.717) is 29.4 Å². The van der Waals surface area contributed by atoms with Crippen LogP contribution in [0.2, 0.25) is 0 Å². The molecule has 1 aliphatic rings. The average molecular weight is 354 g/mol. The maximum atomic E-state index is 14.4. The maximum Gasteiger partial charge on any atom is 0.162 e. The molecule has 26 heavy (non-hydrogen) atoms. The third-order valence-electron chi connectivity index (χ3n) is 5.77. The van der Waals surface area contributed by atoms with E-state index in [2.05, 4.69) is 36.9 Å². The average Bonchev–Trinajstić information content (AvgIpc) is 2.66. The lowest BCUT2D eigenvalue weighted by Gasteiger charge is -2.27. The summed E-state index contributed by atoms with van der Waals surface area (Å²) >= 11 is 0. The number of rotatable bonds is 5. The van der Waals surface area contributed by atoms with Crippen molar-refractivity contribution in [1.82, 2.24) is 0 Å². The largest absolute Gasteiger partial charge is 0.203 e. The van der Waals surface area contributed by atoms with E-state index in [4.69, 9.17) is 0 Å². The summed E-state index contributed by atoms with van der Waals surface area (Å²) in [5.74, 6) is -0.151. The minimum absolute atomic E-state index is 0.0194. The highest BCUT2D eigenvalue weighted by molar-refractivity contribution is 5.34. The van der Waals surface area contributed by atoms with Crippen molar-refractivity contribution >= 4 is 0 Å². The predicted molar refractivity (Wildman–Crippen MR) is 105 cm³/mol. The van der Waals surface area contributed by atoms with Crippen molar-refractivity contribution in [2.45, 2.75) is 57.8 Å². The molecule has 2 heteroatoms. The summed E-state index contributed by atoms with van der Waals surface area (Å²) < 4.78 is 28.6. The molecule has 3 rings (SSSR count). The zero-order valence-corrected chi connectivity index (χ0v) is 15.8. The van der Waals surface area contributed by atoms with E-state index in [1.54, 1.807) is 12.1 Å². The van der Waals surface area contributed by atoms with Crippen molar-refractivity contribution in [2.75, 3.05) is 0 Å². The van der Waals surface area contributed by atoms with E-state index in [1.165, 1.54) is 31.2 Å². The van der Waals surface area contributed by atoms with Gasteiger partial charge < -0.3 is 0 Å². The molecule has 1 fully saturated rings. The number of allylic oxidation sites excluding steroid dienone is 1. The summed E-state index contributed by atoms with van der Waals surface area (Å²) in [6.07, 6.45) is 7.33. The number of hydrogen-bond acceptors (Lipinski definition) is 0. The van der Waals surface area contributed by atoms with Gasteiger partial charge in [0.05, 0.1) is 0 Å². The molecule has 1 aliphatic carbocycles. The van der Waals surface area contributed by atoms with Gasteiger partial charge in [-0.05, 0) is 65.7 Å². The van der Waals surface area contributed by atoms with Gasteiger partial charge in [0.2, 0.25) is 0 Å². The second-order valence-corrected chi connectivity index (χ2v) is 7.86. The van der Waals surface area contributed by atoms with Crippen LogP contribution in [0.25, 0.3) is 0 Å². The molecule has 0 aromatic heterocycles. The summed E-state index contributed by atoms with van der Waals surface area (Å²) in [5, 5.41) is 0. The molecule has 0 radical (unpaired) electrons. The molecule has 0 saturated heterocycles. The molecule has 0 nitrogen and oxygen atoms in total. The number of hydrogen-bond donors (Lipinski definition) is 0. The van der Waals surface area contributed by atoms with E-state index in [0.717, 1.165) is 5.56 Å². The van der Waals surface area contributed by atoms with Crippen molar-refractivity contribution in [3.8, 4) is 0 Å². The Morgan fingerprint density at radius 3 is 2.19 bits per heavy atom. The highest BCUT2D eigenvalue weighted by Crippen LogP contribution is 2.36. The Hall–Kier alpha value is -1.96. The van der Waals surface area contributed by atoms with Gasteiger partial charge in [-0.1, -0.05) is 56.3 Å². The van der Waals surface area contributed by atoms with Crippen molar-refractivity contribution in [2.24, 2.45) is 5.92 Å². The van der Waals surface area contributed by atoms with Gasteiger partial charge in [0.15, 0.2) is 11.6 Å². The second-order valence-electron chi connectivity index (χ2n) is 7.86. The SMILES string of the molecule is C=CC1CCC(c2ccc(Cc3ccc(C(C)C)c(F)c3F)cc2)CC1. The quantitative estimate of drug-likeness (QED) is 0.501. The van der Waals surface area contributed by atoms with Crippen molar-refractivity contribution in [3.63, 3.8) is 0 Å². The van der Waals surface area contributed by atoms with Crippen LogP contribution in [0.15, 0.2) is 49.1 Å². The zero-order chi connectivity index (χ0) is 18.7. The summed E-state index contributed by atoms with van der Waals surface area (Å²) in [5.41, 5.74) is 3.24. The Morgan fingerprint density at radius 1 is 0.962 bits per heavy atom. The maximum absolute atomic E-state index is 14.4. The molecule has 1 saturated carbocycles. The van der Waals surface area contributed by atoms with Crippen molar-refractivity contribution in [3.05, 3.63) is 82.9 Å². The minimum atomic E-state index is -0.706. The van der Waals surface area contributed by atoms with Crippen molar-refractivity contribution in [1.29, 1.82) is 0 Å². The third-order valence-corrected chi connectivity index (χ3v) is 5.77. The van der Waals surface area contributed by atoms with E-state index < -0.39 is 11.6 Å². The Morgan fingerprint density at radius 2 is 1.62 bits per heavy atom. The molecule has 0 aliphatic heterocycles. The summed E-state index contributed by atoms with van der Waals surface area (Å²) in [6.45, 7) is 7.65. The minimum Gasteiger partial charge on any atom is -0.203 e. The highest BCUT2D eigenvalue weighted by Gasteiger charge is 2.20. The normalized spacial score (nSPS) is 20.3. The Labute approximate surface area is 156 Å². The molecule has 0 spiro atoms. The van der Waals surface area contributed by atoms with E-state index in [1.807, 2.05) is 13.8 Å². The van der Waals surface area contributed by atoms with Gasteiger partial charge in [0.25, 0.3) is 0 Å². The van der Waals surface area contributed by atoms with Gasteiger partial charge in [-0.15, -0.1) is 6.58 Å². The van der Waals surface area contributed by atoms with Crippen LogP contribution in [0.1, 0.15) is 73.6 Å². The molecule has 0 N–H and O–H groups in total. The smallest absolute Gasteiger partial charge is 0.162 e. The topological polar surface area (TPSA) is 0 Å². The fraction of sp³-hybridized carbons (Fsp3) is 0.417. The van der Waals surface area contributed by atoms with Gasteiger partial charge >= 0.3 is 0 Å². The van der Waals surface area contributed by atoms with Gasteiger partial charge in [0, 0.05) is 6.42 Å². The Bertz CT molecular complexity index is 751. The van der Waals surface area contributed by atoms with Crippen LogP contribution in [-0.4, -0.2) is 0 Å². The highest BCUT2D eigenvalue weighted by atomic mass is 19.2. The first-order valence-corrected chi connectivity index (χ1v) is 9.67. The van der Waals surface area contributed by atoms with Crippen LogP contribution in [0.4, 0.5) is 8.78 Å². The van der Waals surface area contributed by atoms with Crippen LogP contribution in [0, 0.1) is 17.6 Å². The van der Waals surface area contributed by atoms with Crippen LogP contribution in [0.3, 0.4) is 0 Å². The molecule has 0 amide bonds. The molecular weight excluding hydrogens is 326 g/mol. The summed E-state index contributed by atoms with van der Waals surface area (Å²) in [7, 11) is 0. The number of halogens is 2. The molecule has 138 valence electrons. The third kappa shape index (κ3) is 4.06. The fourth-order valence-electron chi connectivity index (χ4n) is 4.00. The zero-order valence-electron chi connectivity index (χ0n) is 15.8. The molecule has 0 atom stereocenters.